The maximum Gasteiger partial charge on any atom is 0.333 e. The number of hydrogen-bond donors (Lipinski definition) is 0. The highest BCUT2D eigenvalue weighted by molar-refractivity contribution is 5.87. The SMILES string of the molecule is C=C(C)C(=O)OCCCCCCOc1ccc(CCc2ccc(OCCCCCCOC(=O)C(=C)C)c(C)c2)cc1. The first-order valence-electron chi connectivity index (χ1n) is 14.9. The molecule has 0 saturated heterocycles. The molecular weight excluding hydrogens is 516 g/mol. The fourth-order valence-electron chi connectivity index (χ4n) is 4.13. The van der Waals surface area contributed by atoms with Gasteiger partial charge in [-0.25, -0.2) is 9.59 Å². The molecule has 0 aliphatic carbocycles. The van der Waals surface area contributed by atoms with Gasteiger partial charge in [-0.2, -0.15) is 0 Å². The van der Waals surface area contributed by atoms with E-state index in [9.17, 15) is 9.59 Å². The number of carbonyl (C=O) groups is 2. The van der Waals surface area contributed by atoms with Crippen molar-refractivity contribution in [3.05, 3.63) is 83.5 Å². The van der Waals surface area contributed by atoms with Crippen LogP contribution in [0.4, 0.5) is 0 Å². The molecule has 0 fully saturated rings. The second-order valence-corrected chi connectivity index (χ2v) is 10.6. The summed E-state index contributed by atoms with van der Waals surface area (Å²) < 4.78 is 22.1. The first-order chi connectivity index (χ1) is 19.8. The van der Waals surface area contributed by atoms with Gasteiger partial charge in [-0.1, -0.05) is 37.4 Å². The fourth-order valence-corrected chi connectivity index (χ4v) is 4.13. The lowest BCUT2D eigenvalue weighted by atomic mass is 10.0. The summed E-state index contributed by atoms with van der Waals surface area (Å²) in [6.45, 7) is 14.8. The van der Waals surface area contributed by atoms with Crippen molar-refractivity contribution >= 4 is 11.9 Å². The van der Waals surface area contributed by atoms with E-state index in [1.54, 1.807) is 13.8 Å². The van der Waals surface area contributed by atoms with Crippen LogP contribution in [0, 0.1) is 6.92 Å². The molecule has 0 radical (unpaired) electrons. The molecule has 224 valence electrons. The molecule has 0 heterocycles. The van der Waals surface area contributed by atoms with Gasteiger partial charge < -0.3 is 18.9 Å². The number of rotatable bonds is 21. The molecule has 0 aromatic heterocycles. The van der Waals surface area contributed by atoms with Gasteiger partial charge in [-0.05, 0) is 120 Å². The molecule has 2 rings (SSSR count). The lowest BCUT2D eigenvalue weighted by Crippen LogP contribution is -2.06. The van der Waals surface area contributed by atoms with Crippen LogP contribution >= 0.6 is 0 Å². The summed E-state index contributed by atoms with van der Waals surface area (Å²) in [5.41, 5.74) is 4.63. The molecule has 0 N–H and O–H groups in total. The van der Waals surface area contributed by atoms with E-state index >= 15 is 0 Å². The smallest absolute Gasteiger partial charge is 0.333 e. The summed E-state index contributed by atoms with van der Waals surface area (Å²) in [7, 11) is 0. The van der Waals surface area contributed by atoms with Crippen molar-refractivity contribution in [2.75, 3.05) is 26.4 Å². The standard InChI is InChI=1S/C35H48O6/c1-27(2)34(36)40-24-12-8-6-10-22-38-32-19-16-30(17-20-32)14-15-31-18-21-33(29(5)26-31)39-23-11-7-9-13-25-41-35(37)28(3)4/h16-21,26H,1,3,6-15,22-25H2,2,4-5H3. The van der Waals surface area contributed by atoms with E-state index in [0.717, 1.165) is 81.3 Å². The van der Waals surface area contributed by atoms with Crippen molar-refractivity contribution in [1.82, 2.24) is 0 Å². The van der Waals surface area contributed by atoms with E-state index in [1.807, 2.05) is 12.1 Å². The van der Waals surface area contributed by atoms with Crippen LogP contribution in [0.2, 0.25) is 0 Å². The van der Waals surface area contributed by atoms with Gasteiger partial charge in [0.1, 0.15) is 11.5 Å². The number of ether oxygens (including phenoxy) is 4. The summed E-state index contributed by atoms with van der Waals surface area (Å²) in [6, 6.07) is 14.8. The molecule has 0 saturated carbocycles. The zero-order valence-corrected chi connectivity index (χ0v) is 25.3. The average molecular weight is 565 g/mol. The Hall–Kier alpha value is -3.54. The number of unbranched alkanes of at least 4 members (excludes halogenated alkanes) is 6. The summed E-state index contributed by atoms with van der Waals surface area (Å²) in [6.07, 6.45) is 9.73. The Bertz CT molecular complexity index is 1100. The lowest BCUT2D eigenvalue weighted by Gasteiger charge is -2.11. The number of aryl methyl sites for hydroxylation is 3. The molecule has 0 spiro atoms. The van der Waals surface area contributed by atoms with Crippen LogP contribution in [0.1, 0.15) is 81.9 Å². The van der Waals surface area contributed by atoms with Gasteiger partial charge in [0.2, 0.25) is 0 Å². The highest BCUT2D eigenvalue weighted by atomic mass is 16.5. The summed E-state index contributed by atoms with van der Waals surface area (Å²) in [5.74, 6) is 1.21. The first-order valence-corrected chi connectivity index (χ1v) is 14.9. The maximum absolute atomic E-state index is 11.4. The van der Waals surface area contributed by atoms with E-state index in [0.29, 0.717) is 37.6 Å². The van der Waals surface area contributed by atoms with Crippen molar-refractivity contribution in [1.29, 1.82) is 0 Å². The molecule has 6 heteroatoms. The Morgan fingerprint density at radius 1 is 0.610 bits per heavy atom. The normalized spacial score (nSPS) is 10.6. The number of benzene rings is 2. The highest BCUT2D eigenvalue weighted by Gasteiger charge is 2.05. The number of hydrogen-bond acceptors (Lipinski definition) is 6. The molecule has 0 bridgehead atoms. The summed E-state index contributed by atoms with van der Waals surface area (Å²) in [4.78, 5) is 22.7. The summed E-state index contributed by atoms with van der Waals surface area (Å²) >= 11 is 0. The minimum Gasteiger partial charge on any atom is -0.494 e. The Morgan fingerprint density at radius 3 is 1.59 bits per heavy atom. The predicted octanol–water partition coefficient (Wildman–Crippen LogP) is 7.90. The molecule has 2 aromatic rings. The zero-order chi connectivity index (χ0) is 29.9. The molecule has 2 aromatic carbocycles. The molecule has 0 aliphatic heterocycles. The van der Waals surface area contributed by atoms with Crippen LogP contribution in [0.5, 0.6) is 11.5 Å². The molecule has 41 heavy (non-hydrogen) atoms. The monoisotopic (exact) mass is 564 g/mol. The van der Waals surface area contributed by atoms with Crippen LogP contribution < -0.4 is 9.47 Å². The molecule has 0 amide bonds. The zero-order valence-electron chi connectivity index (χ0n) is 25.3. The summed E-state index contributed by atoms with van der Waals surface area (Å²) in [5, 5.41) is 0. The predicted molar refractivity (Wildman–Crippen MR) is 165 cm³/mol. The van der Waals surface area contributed by atoms with Crippen molar-refractivity contribution in [2.24, 2.45) is 0 Å². The van der Waals surface area contributed by atoms with Crippen LogP contribution in [0.25, 0.3) is 0 Å². The van der Waals surface area contributed by atoms with Crippen molar-refractivity contribution < 1.29 is 28.5 Å². The van der Waals surface area contributed by atoms with Crippen LogP contribution in [-0.2, 0) is 31.9 Å². The molecule has 0 aliphatic rings. The molecule has 0 atom stereocenters. The topological polar surface area (TPSA) is 71.1 Å². The highest BCUT2D eigenvalue weighted by Crippen LogP contribution is 2.21. The third kappa shape index (κ3) is 14.6. The van der Waals surface area contributed by atoms with Crippen molar-refractivity contribution in [3.8, 4) is 11.5 Å². The van der Waals surface area contributed by atoms with Gasteiger partial charge in [-0.15, -0.1) is 0 Å². The first kappa shape index (κ1) is 33.7. The Labute approximate surface area is 246 Å². The van der Waals surface area contributed by atoms with E-state index in [4.69, 9.17) is 18.9 Å². The minimum atomic E-state index is -0.313. The van der Waals surface area contributed by atoms with Crippen LogP contribution in [0.3, 0.4) is 0 Å². The molecular formula is C35H48O6. The lowest BCUT2D eigenvalue weighted by molar-refractivity contribution is -0.139. The van der Waals surface area contributed by atoms with Gasteiger partial charge in [-0.3, -0.25) is 0 Å². The van der Waals surface area contributed by atoms with Gasteiger partial charge in [0.15, 0.2) is 0 Å². The van der Waals surface area contributed by atoms with Gasteiger partial charge in [0.25, 0.3) is 0 Å². The Morgan fingerprint density at radius 2 is 1.07 bits per heavy atom. The van der Waals surface area contributed by atoms with E-state index in [1.165, 1.54) is 11.1 Å². The third-order valence-electron chi connectivity index (χ3n) is 6.63. The Kier molecular flexibility index (Phi) is 16.0. The van der Waals surface area contributed by atoms with E-state index in [-0.39, 0.29) is 11.9 Å². The molecule has 0 unspecified atom stereocenters. The molecule has 6 nitrogen and oxygen atoms in total. The largest absolute Gasteiger partial charge is 0.494 e. The van der Waals surface area contributed by atoms with Gasteiger partial charge in [0, 0.05) is 11.1 Å². The fraction of sp³-hybridized carbons (Fsp3) is 0.486. The van der Waals surface area contributed by atoms with E-state index in [2.05, 4.69) is 50.4 Å². The number of carbonyl (C=O) groups excluding carboxylic acids is 2. The van der Waals surface area contributed by atoms with Crippen LogP contribution in [-0.4, -0.2) is 38.4 Å². The minimum absolute atomic E-state index is 0.313. The quantitative estimate of drug-likeness (QED) is 0.0872. The van der Waals surface area contributed by atoms with E-state index < -0.39 is 0 Å². The second kappa shape index (κ2) is 19.5. The average Bonchev–Trinajstić information content (AvgIpc) is 2.95. The van der Waals surface area contributed by atoms with Gasteiger partial charge in [0.05, 0.1) is 26.4 Å². The van der Waals surface area contributed by atoms with Gasteiger partial charge >= 0.3 is 11.9 Å². The third-order valence-corrected chi connectivity index (χ3v) is 6.63. The Balaban J connectivity index is 1.56. The van der Waals surface area contributed by atoms with Crippen molar-refractivity contribution in [2.45, 2.75) is 85.0 Å². The second-order valence-electron chi connectivity index (χ2n) is 10.6. The maximum atomic E-state index is 11.4. The van der Waals surface area contributed by atoms with Crippen molar-refractivity contribution in [3.63, 3.8) is 0 Å². The van der Waals surface area contributed by atoms with Crippen LogP contribution in [0.15, 0.2) is 66.8 Å². The number of esters is 2.